The molecular weight excluding hydrogens is 514 g/mol. The van der Waals surface area contributed by atoms with Crippen LogP contribution in [0.2, 0.25) is 0 Å². The molecule has 1 N–H and O–H groups in total. The number of hydrogen-bond acceptors (Lipinski definition) is 6. The summed E-state index contributed by atoms with van der Waals surface area (Å²) in [4.78, 5) is 29.2. The van der Waals surface area contributed by atoms with Crippen LogP contribution in [-0.4, -0.2) is 31.1 Å². The molecule has 1 saturated heterocycles. The molecular formula is C34H29N3O4. The highest BCUT2D eigenvalue weighted by atomic mass is 16.5. The minimum Gasteiger partial charge on any atom is -0.457 e. The van der Waals surface area contributed by atoms with E-state index < -0.39 is 0 Å². The van der Waals surface area contributed by atoms with Gasteiger partial charge >= 0.3 is 0 Å². The van der Waals surface area contributed by atoms with E-state index in [9.17, 15) is 14.9 Å². The molecule has 4 aromatic carbocycles. The van der Waals surface area contributed by atoms with Gasteiger partial charge in [0.25, 0.3) is 11.8 Å². The first-order valence-electron chi connectivity index (χ1n) is 13.7. The number of imide groups is 1. The number of nitrogens with zero attached hydrogens (tertiary/aromatic N) is 2. The van der Waals surface area contributed by atoms with Gasteiger partial charge in [-0.2, -0.15) is 5.26 Å². The predicted molar refractivity (Wildman–Crippen MR) is 156 cm³/mol. The number of rotatable bonds is 7. The van der Waals surface area contributed by atoms with Crippen LogP contribution in [0.25, 0.3) is 11.1 Å². The summed E-state index contributed by atoms with van der Waals surface area (Å²) >= 11 is 0. The molecule has 0 saturated carbocycles. The molecule has 4 aromatic rings. The van der Waals surface area contributed by atoms with Gasteiger partial charge in [0.1, 0.15) is 11.5 Å². The van der Waals surface area contributed by atoms with Crippen molar-refractivity contribution in [2.75, 3.05) is 18.1 Å². The fraction of sp³-hybridized carbons (Fsp3) is 0.206. The van der Waals surface area contributed by atoms with Gasteiger partial charge in [-0.05, 0) is 72.9 Å². The zero-order valence-corrected chi connectivity index (χ0v) is 22.7. The van der Waals surface area contributed by atoms with Crippen molar-refractivity contribution in [2.24, 2.45) is 0 Å². The number of carbonyl (C=O) groups excluding carboxylic acids is 2. The number of ether oxygens (including phenoxy) is 2. The number of nitrogens with one attached hydrogen (secondary N) is 1. The zero-order valence-electron chi connectivity index (χ0n) is 22.7. The van der Waals surface area contributed by atoms with Gasteiger partial charge in [-0.15, -0.1) is 0 Å². The Hall–Kier alpha value is -4.77. The molecule has 7 heteroatoms. The lowest BCUT2D eigenvalue weighted by molar-refractivity contribution is 0.0774. The highest BCUT2D eigenvalue weighted by Gasteiger charge is 2.40. The summed E-state index contributed by atoms with van der Waals surface area (Å²) in [5, 5.41) is 12.9. The van der Waals surface area contributed by atoms with E-state index in [2.05, 4.69) is 11.4 Å². The van der Waals surface area contributed by atoms with Gasteiger partial charge in [0, 0.05) is 31.4 Å². The average Bonchev–Trinajstić information content (AvgIpc) is 3.27. The molecule has 0 aromatic heterocycles. The van der Waals surface area contributed by atoms with Crippen LogP contribution in [-0.2, 0) is 11.3 Å². The molecule has 0 bridgehead atoms. The molecule has 0 radical (unpaired) electrons. The Labute approximate surface area is 238 Å². The summed E-state index contributed by atoms with van der Waals surface area (Å²) < 4.78 is 11.7. The topological polar surface area (TPSA) is 91.7 Å². The van der Waals surface area contributed by atoms with Crippen molar-refractivity contribution < 1.29 is 19.1 Å². The van der Waals surface area contributed by atoms with Gasteiger partial charge in [-0.3, -0.25) is 9.59 Å². The Balaban J connectivity index is 1.40. The third-order valence-corrected chi connectivity index (χ3v) is 7.73. The number of benzene rings is 4. The smallest absolute Gasteiger partial charge is 0.266 e. The SMILES string of the molecule is Cc1c(-c2ccccc2)cccc1N1C(=O)c2ccc(Oc3cccc(C#N)c3)c(CNC3CCOCC3)c2C1=O. The number of anilines is 1. The highest BCUT2D eigenvalue weighted by molar-refractivity contribution is 6.35. The molecule has 41 heavy (non-hydrogen) atoms. The summed E-state index contributed by atoms with van der Waals surface area (Å²) in [5.74, 6) is 0.217. The molecule has 2 heterocycles. The number of fused-ring (bicyclic) bond motifs is 1. The first kappa shape index (κ1) is 26.5. The molecule has 2 amide bonds. The fourth-order valence-electron chi connectivity index (χ4n) is 5.57. The lowest BCUT2D eigenvalue weighted by atomic mass is 9.98. The third-order valence-electron chi connectivity index (χ3n) is 7.73. The van der Waals surface area contributed by atoms with E-state index in [1.165, 1.54) is 4.90 Å². The third kappa shape index (κ3) is 5.11. The van der Waals surface area contributed by atoms with Crippen LogP contribution in [0.15, 0.2) is 84.9 Å². The molecule has 0 aliphatic carbocycles. The van der Waals surface area contributed by atoms with E-state index in [0.717, 1.165) is 29.5 Å². The Morgan fingerprint density at radius 3 is 2.49 bits per heavy atom. The lowest BCUT2D eigenvalue weighted by Crippen LogP contribution is -2.35. The second-order valence-corrected chi connectivity index (χ2v) is 10.2. The molecule has 1 fully saturated rings. The maximum atomic E-state index is 14.1. The monoisotopic (exact) mass is 543 g/mol. The van der Waals surface area contributed by atoms with Crippen LogP contribution in [0.5, 0.6) is 11.5 Å². The van der Waals surface area contributed by atoms with Gasteiger partial charge in [0.2, 0.25) is 0 Å². The van der Waals surface area contributed by atoms with Crippen LogP contribution < -0.4 is 15.0 Å². The summed E-state index contributed by atoms with van der Waals surface area (Å²) in [6, 6.07) is 28.2. The van der Waals surface area contributed by atoms with Crippen molar-refractivity contribution in [3.05, 3.63) is 113 Å². The Bertz CT molecular complexity index is 1670. The van der Waals surface area contributed by atoms with E-state index in [1.807, 2.05) is 55.5 Å². The Morgan fingerprint density at radius 2 is 1.71 bits per heavy atom. The number of carbonyl (C=O) groups is 2. The summed E-state index contributed by atoms with van der Waals surface area (Å²) in [6.45, 7) is 3.64. The number of nitriles is 1. The first-order chi connectivity index (χ1) is 20.0. The minimum atomic E-state index is -0.377. The van der Waals surface area contributed by atoms with Crippen LogP contribution in [0, 0.1) is 18.3 Å². The first-order valence-corrected chi connectivity index (χ1v) is 13.7. The normalized spacial score (nSPS) is 15.1. The summed E-state index contributed by atoms with van der Waals surface area (Å²) in [5.41, 5.74) is 5.16. The van der Waals surface area contributed by atoms with Crippen molar-refractivity contribution in [1.29, 1.82) is 5.26 Å². The minimum absolute atomic E-state index is 0.225. The van der Waals surface area contributed by atoms with Crippen molar-refractivity contribution in [1.82, 2.24) is 5.32 Å². The van der Waals surface area contributed by atoms with E-state index in [1.54, 1.807) is 36.4 Å². The van der Waals surface area contributed by atoms with E-state index in [4.69, 9.17) is 9.47 Å². The summed E-state index contributed by atoms with van der Waals surface area (Å²) in [6.07, 6.45) is 1.72. The zero-order chi connectivity index (χ0) is 28.3. The van der Waals surface area contributed by atoms with Crippen LogP contribution >= 0.6 is 0 Å². The van der Waals surface area contributed by atoms with Crippen LogP contribution in [0.4, 0.5) is 5.69 Å². The maximum Gasteiger partial charge on any atom is 0.266 e. The van der Waals surface area contributed by atoms with Crippen molar-refractivity contribution in [2.45, 2.75) is 32.4 Å². The molecule has 6 rings (SSSR count). The van der Waals surface area contributed by atoms with Gasteiger partial charge < -0.3 is 14.8 Å². The standard InChI is InChI=1S/C34H29N3O4/c1-22-27(24-8-3-2-4-9-24)11-6-12-30(22)37-33(38)28-13-14-31(41-26-10-5-7-23(19-26)20-35)29(32(28)34(37)39)21-36-25-15-17-40-18-16-25/h2-14,19,25,36H,15-18,21H2,1H3. The molecule has 0 spiro atoms. The Morgan fingerprint density at radius 1 is 0.927 bits per heavy atom. The predicted octanol–water partition coefficient (Wildman–Crippen LogP) is 6.40. The van der Waals surface area contributed by atoms with Gasteiger partial charge in [-0.25, -0.2) is 4.90 Å². The largest absolute Gasteiger partial charge is 0.457 e. The quantitative estimate of drug-likeness (QED) is 0.272. The van der Waals surface area contributed by atoms with Crippen molar-refractivity contribution >= 4 is 17.5 Å². The molecule has 0 atom stereocenters. The van der Waals surface area contributed by atoms with Crippen LogP contribution in [0.1, 0.15) is 50.2 Å². The maximum absolute atomic E-state index is 14.1. The van der Waals surface area contributed by atoms with E-state index in [-0.39, 0.29) is 17.9 Å². The van der Waals surface area contributed by atoms with E-state index in [0.29, 0.717) is 59.2 Å². The Kier molecular flexibility index (Phi) is 7.34. The van der Waals surface area contributed by atoms with Gasteiger partial charge in [0.15, 0.2) is 0 Å². The molecule has 2 aliphatic heterocycles. The highest BCUT2D eigenvalue weighted by Crippen LogP contribution is 2.39. The lowest BCUT2D eigenvalue weighted by Gasteiger charge is -2.24. The molecule has 204 valence electrons. The molecule has 7 nitrogen and oxygen atoms in total. The molecule has 0 unspecified atom stereocenters. The second kappa shape index (κ2) is 11.4. The average molecular weight is 544 g/mol. The van der Waals surface area contributed by atoms with Gasteiger partial charge in [-0.1, -0.05) is 48.5 Å². The number of amides is 2. The second-order valence-electron chi connectivity index (χ2n) is 10.2. The van der Waals surface area contributed by atoms with Gasteiger partial charge in [0.05, 0.1) is 28.4 Å². The number of hydrogen-bond donors (Lipinski definition) is 1. The van der Waals surface area contributed by atoms with Crippen molar-refractivity contribution in [3.63, 3.8) is 0 Å². The van der Waals surface area contributed by atoms with Crippen LogP contribution in [0.3, 0.4) is 0 Å². The van der Waals surface area contributed by atoms with Crippen molar-refractivity contribution in [3.8, 4) is 28.7 Å². The molecule has 2 aliphatic rings. The fourth-order valence-corrected chi connectivity index (χ4v) is 5.57. The van der Waals surface area contributed by atoms with E-state index >= 15 is 0 Å². The summed E-state index contributed by atoms with van der Waals surface area (Å²) in [7, 11) is 0.